The van der Waals surface area contributed by atoms with Crippen molar-refractivity contribution >= 4 is 47.6 Å². The molecule has 2 aromatic carbocycles. The van der Waals surface area contributed by atoms with Crippen LogP contribution in [0.4, 0.5) is 11.4 Å². The van der Waals surface area contributed by atoms with E-state index in [-0.39, 0.29) is 16.3 Å². The Morgan fingerprint density at radius 2 is 1.62 bits per heavy atom. The summed E-state index contributed by atoms with van der Waals surface area (Å²) >= 11 is 0. The van der Waals surface area contributed by atoms with Gasteiger partial charge in [-0.2, -0.15) is 21.9 Å². The summed E-state index contributed by atoms with van der Waals surface area (Å²) in [4.78, 5) is 23.9. The largest absolute Gasteiger partial charge is 0.397 e. The molecule has 0 fully saturated rings. The summed E-state index contributed by atoms with van der Waals surface area (Å²) in [5, 5.41) is 9.82. The summed E-state index contributed by atoms with van der Waals surface area (Å²) in [7, 11) is -13.5. The van der Waals surface area contributed by atoms with Crippen LogP contribution in [0.2, 0.25) is 0 Å². The van der Waals surface area contributed by atoms with Crippen molar-refractivity contribution < 1.29 is 43.3 Å². The summed E-state index contributed by atoms with van der Waals surface area (Å²) in [6.45, 7) is -0.851. The predicted molar refractivity (Wildman–Crippen MR) is 125 cm³/mol. The highest BCUT2D eigenvalue weighted by atomic mass is 32.3. The number of carbonyl (C=O) groups is 1. The molecular formula is C18H17N5O11S3. The number of aromatic amines is 1. The molecule has 0 unspecified atom stereocenters. The number of carbonyl (C=O) groups excluding carboxylic acids is 1. The molecule has 0 aliphatic rings. The number of aromatic nitrogens is 2. The second-order valence-corrected chi connectivity index (χ2v) is 11.7. The summed E-state index contributed by atoms with van der Waals surface area (Å²) < 4.78 is 91.3. The number of rotatable bonds is 10. The average molecular weight is 576 g/mol. The van der Waals surface area contributed by atoms with E-state index in [0.717, 1.165) is 22.9 Å². The lowest BCUT2D eigenvalue weighted by atomic mass is 10.3. The van der Waals surface area contributed by atoms with Gasteiger partial charge in [0, 0.05) is 0 Å². The van der Waals surface area contributed by atoms with Gasteiger partial charge in [0.25, 0.3) is 21.6 Å². The summed E-state index contributed by atoms with van der Waals surface area (Å²) in [6.07, 6.45) is 0. The highest BCUT2D eigenvalue weighted by Gasteiger charge is 2.21. The van der Waals surface area contributed by atoms with Crippen LogP contribution in [-0.4, -0.2) is 62.4 Å². The number of primary amides is 1. The molecule has 16 nitrogen and oxygen atoms in total. The van der Waals surface area contributed by atoms with Crippen molar-refractivity contribution in [3.8, 4) is 5.69 Å². The zero-order chi connectivity index (χ0) is 27.6. The third kappa shape index (κ3) is 6.93. The van der Waals surface area contributed by atoms with Crippen LogP contribution in [0.1, 0.15) is 10.5 Å². The van der Waals surface area contributed by atoms with Crippen LogP contribution in [0.25, 0.3) is 5.69 Å². The number of sulfone groups is 1. The van der Waals surface area contributed by atoms with E-state index in [1.165, 1.54) is 30.3 Å². The van der Waals surface area contributed by atoms with Crippen molar-refractivity contribution in [2.45, 2.75) is 9.79 Å². The number of hydrogen-bond acceptors (Lipinski definition) is 11. The van der Waals surface area contributed by atoms with E-state index >= 15 is 0 Å². The van der Waals surface area contributed by atoms with Crippen LogP contribution < -0.4 is 11.3 Å². The Bertz CT molecular complexity index is 1770. The van der Waals surface area contributed by atoms with Gasteiger partial charge in [-0.1, -0.05) is 12.1 Å². The Balaban J connectivity index is 1.97. The number of nitrogens with one attached hydrogen (secondary N) is 1. The molecule has 0 bridgehead atoms. The van der Waals surface area contributed by atoms with Gasteiger partial charge < -0.3 is 5.73 Å². The van der Waals surface area contributed by atoms with Gasteiger partial charge in [-0.25, -0.2) is 17.3 Å². The third-order valence-electron chi connectivity index (χ3n) is 4.51. The van der Waals surface area contributed by atoms with E-state index in [4.69, 9.17) is 10.3 Å². The van der Waals surface area contributed by atoms with E-state index in [1.54, 1.807) is 0 Å². The van der Waals surface area contributed by atoms with Crippen LogP contribution >= 0.6 is 0 Å². The van der Waals surface area contributed by atoms with Gasteiger partial charge >= 0.3 is 10.4 Å². The van der Waals surface area contributed by atoms with Crippen molar-refractivity contribution in [3.05, 3.63) is 64.6 Å². The number of nitrogens with zero attached hydrogens (tertiary/aromatic N) is 3. The molecule has 0 atom stereocenters. The first-order chi connectivity index (χ1) is 17.1. The Morgan fingerprint density at radius 3 is 2.24 bits per heavy atom. The minimum Gasteiger partial charge on any atom is -0.364 e. The Morgan fingerprint density at radius 1 is 0.973 bits per heavy atom. The molecule has 5 N–H and O–H groups in total. The Labute approximate surface area is 209 Å². The van der Waals surface area contributed by atoms with E-state index in [2.05, 4.69) is 19.5 Å². The Hall–Kier alpha value is -3.75. The molecule has 0 radical (unpaired) electrons. The molecule has 1 amide bonds. The SMILES string of the molecule is NC(=O)c1[nH]n(-c2cccc(S(=O)(=O)O)c2)c(=O)c1N=Nc1cccc(S(=O)(=O)CCOS(=O)(=O)O)c1. The second kappa shape index (κ2) is 10.3. The zero-order valence-electron chi connectivity index (χ0n) is 18.2. The third-order valence-corrected chi connectivity index (χ3v) is 7.50. The van der Waals surface area contributed by atoms with E-state index < -0.39 is 70.5 Å². The fraction of sp³-hybridized carbons (Fsp3) is 0.111. The monoisotopic (exact) mass is 575 g/mol. The van der Waals surface area contributed by atoms with Gasteiger partial charge in [0.2, 0.25) is 0 Å². The van der Waals surface area contributed by atoms with Gasteiger partial charge in [0.1, 0.15) is 0 Å². The van der Waals surface area contributed by atoms with Gasteiger partial charge in [0.05, 0.1) is 33.5 Å². The number of azo groups is 1. The zero-order valence-corrected chi connectivity index (χ0v) is 20.7. The first kappa shape index (κ1) is 27.8. The normalized spacial score (nSPS) is 12.7. The Kier molecular flexibility index (Phi) is 7.76. The summed E-state index contributed by atoms with van der Waals surface area (Å²) in [5.74, 6) is -1.92. The standard InChI is InChI=1S/C18H17N5O11S3/c19-17(24)15-16(18(25)23(22-15)12-4-2-6-14(10-12)36(28,29)30)21-20-11-3-1-5-13(9-11)35(26,27)8-7-34-37(31,32)33/h1-6,9-10,22H,7-8H2,(H2,19,24)(H,28,29,30)(H,31,32,33). The van der Waals surface area contributed by atoms with Crippen molar-refractivity contribution in [1.82, 2.24) is 9.78 Å². The van der Waals surface area contributed by atoms with Crippen LogP contribution in [-0.2, 0) is 34.5 Å². The quantitative estimate of drug-likeness (QED) is 0.191. The number of H-pyrrole nitrogens is 1. The lowest BCUT2D eigenvalue weighted by Gasteiger charge is -2.04. The van der Waals surface area contributed by atoms with Gasteiger partial charge in [0.15, 0.2) is 21.2 Å². The maximum atomic E-state index is 12.9. The van der Waals surface area contributed by atoms with Gasteiger partial charge in [-0.05, 0) is 36.4 Å². The smallest absolute Gasteiger partial charge is 0.364 e. The summed E-state index contributed by atoms with van der Waals surface area (Å²) in [6, 6.07) is 9.32. The molecule has 3 rings (SSSR count). The predicted octanol–water partition coefficient (Wildman–Crippen LogP) is 0.520. The van der Waals surface area contributed by atoms with Crippen molar-refractivity contribution in [2.24, 2.45) is 16.0 Å². The minimum atomic E-state index is -4.83. The molecule has 1 heterocycles. The fourth-order valence-electron chi connectivity index (χ4n) is 2.87. The lowest BCUT2D eigenvalue weighted by Crippen LogP contribution is -2.15. The number of benzene rings is 2. The maximum Gasteiger partial charge on any atom is 0.397 e. The number of hydrogen-bond donors (Lipinski definition) is 4. The first-order valence-corrected chi connectivity index (χ1v) is 14.1. The molecule has 0 saturated heterocycles. The number of amides is 1. The van der Waals surface area contributed by atoms with Crippen molar-refractivity contribution in [2.75, 3.05) is 12.4 Å². The average Bonchev–Trinajstić information content (AvgIpc) is 3.13. The van der Waals surface area contributed by atoms with E-state index in [9.17, 15) is 39.4 Å². The van der Waals surface area contributed by atoms with Crippen LogP contribution in [0.15, 0.2) is 73.3 Å². The maximum absolute atomic E-state index is 12.9. The summed E-state index contributed by atoms with van der Waals surface area (Å²) in [5.41, 5.74) is 3.04. The van der Waals surface area contributed by atoms with Crippen LogP contribution in [0.5, 0.6) is 0 Å². The molecule has 37 heavy (non-hydrogen) atoms. The van der Waals surface area contributed by atoms with Crippen LogP contribution in [0, 0.1) is 0 Å². The van der Waals surface area contributed by atoms with Gasteiger partial charge in [-0.15, -0.1) is 5.11 Å². The molecule has 0 spiro atoms. The molecule has 0 aliphatic carbocycles. The number of nitrogens with two attached hydrogens (primary N) is 1. The molecule has 198 valence electrons. The van der Waals surface area contributed by atoms with Crippen LogP contribution in [0.3, 0.4) is 0 Å². The first-order valence-electron chi connectivity index (χ1n) is 9.68. The lowest BCUT2D eigenvalue weighted by molar-refractivity contribution is 0.0995. The molecule has 0 aliphatic heterocycles. The minimum absolute atomic E-state index is 0.0901. The molecule has 1 aromatic heterocycles. The topological polar surface area (TPSA) is 258 Å². The molecule has 19 heteroatoms. The molecular weight excluding hydrogens is 558 g/mol. The van der Waals surface area contributed by atoms with Crippen molar-refractivity contribution in [1.29, 1.82) is 0 Å². The highest BCUT2D eigenvalue weighted by Crippen LogP contribution is 2.23. The fourth-order valence-corrected chi connectivity index (χ4v) is 4.92. The van der Waals surface area contributed by atoms with Gasteiger partial charge in [-0.3, -0.25) is 23.8 Å². The van der Waals surface area contributed by atoms with Crippen molar-refractivity contribution in [3.63, 3.8) is 0 Å². The molecule has 3 aromatic rings. The van der Waals surface area contributed by atoms with E-state index in [0.29, 0.717) is 0 Å². The second-order valence-electron chi connectivity index (χ2n) is 7.08. The van der Waals surface area contributed by atoms with E-state index in [1.807, 2.05) is 0 Å². The molecule has 0 saturated carbocycles. The highest BCUT2D eigenvalue weighted by molar-refractivity contribution is 7.91.